The van der Waals surface area contributed by atoms with Crippen LogP contribution in [0.3, 0.4) is 0 Å². The Bertz CT molecular complexity index is 459. The quantitative estimate of drug-likeness (QED) is 0.510. The van der Waals surface area contributed by atoms with Crippen molar-refractivity contribution in [1.29, 1.82) is 0 Å². The molecule has 0 saturated heterocycles. The van der Waals surface area contributed by atoms with Gasteiger partial charge in [-0.15, -0.1) is 5.56 Å². The number of halogens is 3. The van der Waals surface area contributed by atoms with E-state index in [1.54, 1.807) is 18.2 Å². The molecule has 0 aliphatic heterocycles. The monoisotopic (exact) mass is 394 g/mol. The summed E-state index contributed by atoms with van der Waals surface area (Å²) in [7, 11) is 0. The van der Waals surface area contributed by atoms with Crippen molar-refractivity contribution in [2.75, 3.05) is 0 Å². The van der Waals surface area contributed by atoms with E-state index < -0.39 is 0 Å². The van der Waals surface area contributed by atoms with Crippen molar-refractivity contribution in [2.45, 2.75) is 6.61 Å². The Kier molecular flexibility index (Phi) is 7.93. The van der Waals surface area contributed by atoms with E-state index >= 15 is 0 Å². The van der Waals surface area contributed by atoms with Crippen LogP contribution in [0.15, 0.2) is 42.5 Å². The molecule has 5 heteroatoms. The van der Waals surface area contributed by atoms with Crippen LogP contribution in [-0.2, 0) is 22.9 Å². The molecule has 0 heterocycles. The predicted octanol–water partition coefficient (Wildman–Crippen LogP) is 5.22. The van der Waals surface area contributed by atoms with E-state index in [1.807, 2.05) is 24.3 Å². The van der Waals surface area contributed by atoms with E-state index in [-0.39, 0.29) is 0 Å². The Morgan fingerprint density at radius 3 is 2.17 bits per heavy atom. The van der Waals surface area contributed by atoms with Crippen molar-refractivity contribution in [3.05, 3.63) is 64.1 Å². The summed E-state index contributed by atoms with van der Waals surface area (Å²) in [6.07, 6.45) is 0. The van der Waals surface area contributed by atoms with E-state index in [4.69, 9.17) is 27.9 Å². The van der Waals surface area contributed by atoms with Gasteiger partial charge in [0.2, 0.25) is 0 Å². The SMILES string of the molecule is Clc1cc(Cl)cc(OCc2cc[c-]cc2)c1.[Zn+][Br]. The third kappa shape index (κ3) is 5.71. The van der Waals surface area contributed by atoms with Gasteiger partial charge in [-0.2, -0.15) is 30.3 Å². The molecule has 0 spiro atoms. The molecule has 0 N–H and O–H groups in total. The van der Waals surface area contributed by atoms with E-state index in [1.165, 1.54) is 16.3 Å². The zero-order chi connectivity index (χ0) is 13.4. The Hall–Kier alpha value is -0.0766. The third-order valence-electron chi connectivity index (χ3n) is 2.03. The summed E-state index contributed by atoms with van der Waals surface area (Å²) in [6, 6.07) is 15.7. The molecule has 0 fully saturated rings. The predicted molar refractivity (Wildman–Crippen MR) is 75.0 cm³/mol. The van der Waals surface area contributed by atoms with E-state index in [0.717, 1.165) is 5.56 Å². The first kappa shape index (κ1) is 16.0. The summed E-state index contributed by atoms with van der Waals surface area (Å²) in [5, 5.41) is 1.15. The Morgan fingerprint density at radius 1 is 1.06 bits per heavy atom. The summed E-state index contributed by atoms with van der Waals surface area (Å²) >= 11 is 16.0. The molecule has 0 aromatic heterocycles. The molecule has 90 valence electrons. The van der Waals surface area contributed by atoms with Crippen LogP contribution in [-0.4, -0.2) is 0 Å². The van der Waals surface area contributed by atoms with Gasteiger partial charge in [0.05, 0.1) is 6.61 Å². The minimum atomic E-state index is 0.491. The molecule has 0 bridgehead atoms. The number of rotatable bonds is 3. The van der Waals surface area contributed by atoms with Gasteiger partial charge in [0, 0.05) is 10.0 Å². The fourth-order valence-electron chi connectivity index (χ4n) is 1.30. The van der Waals surface area contributed by atoms with E-state index in [9.17, 15) is 0 Å². The molecule has 0 atom stereocenters. The van der Waals surface area contributed by atoms with E-state index in [2.05, 4.69) is 19.7 Å². The molecule has 0 unspecified atom stereocenters. The van der Waals surface area contributed by atoms with Gasteiger partial charge in [0.1, 0.15) is 5.75 Å². The zero-order valence-corrected chi connectivity index (χ0v) is 15.6. The van der Waals surface area contributed by atoms with Crippen molar-refractivity contribution in [1.82, 2.24) is 0 Å². The van der Waals surface area contributed by atoms with Crippen LogP contribution in [0.4, 0.5) is 0 Å². The topological polar surface area (TPSA) is 9.23 Å². The van der Waals surface area contributed by atoms with Crippen LogP contribution in [0.1, 0.15) is 5.56 Å². The van der Waals surface area contributed by atoms with Crippen LogP contribution in [0.5, 0.6) is 5.75 Å². The van der Waals surface area contributed by atoms with Gasteiger partial charge < -0.3 is 4.74 Å². The van der Waals surface area contributed by atoms with Crippen LogP contribution >= 0.6 is 36.8 Å². The van der Waals surface area contributed by atoms with Crippen molar-refractivity contribution < 1.29 is 21.1 Å². The second-order valence-electron chi connectivity index (χ2n) is 3.30. The number of ether oxygens (including phenoxy) is 1. The fourth-order valence-corrected chi connectivity index (χ4v) is 1.80. The first-order valence-electron chi connectivity index (χ1n) is 5.04. The second kappa shape index (κ2) is 8.93. The molecule has 0 saturated carbocycles. The number of benzene rings is 2. The van der Waals surface area contributed by atoms with Crippen LogP contribution in [0.2, 0.25) is 10.0 Å². The molecule has 2 aromatic carbocycles. The van der Waals surface area contributed by atoms with Gasteiger partial charge in [-0.05, 0) is 18.2 Å². The summed E-state index contributed by atoms with van der Waals surface area (Å²) in [4.78, 5) is 0. The summed E-state index contributed by atoms with van der Waals surface area (Å²) in [5.74, 6) is 0.672. The fraction of sp³-hybridized carbons (Fsp3) is 0.0769. The molecule has 0 aliphatic carbocycles. The average molecular weight is 397 g/mol. The number of hydrogen-bond acceptors (Lipinski definition) is 1. The van der Waals surface area contributed by atoms with Gasteiger partial charge >= 0.3 is 30.0 Å². The normalized spacial score (nSPS) is 9.39. The molecule has 18 heavy (non-hydrogen) atoms. The molecule has 1 nitrogen and oxygen atoms in total. The molecule has 0 aliphatic rings. The maximum absolute atomic E-state index is 5.86. The summed E-state index contributed by atoms with van der Waals surface area (Å²) in [5.41, 5.74) is 1.08. The van der Waals surface area contributed by atoms with Crippen molar-refractivity contribution in [3.63, 3.8) is 0 Å². The maximum atomic E-state index is 5.86. The Labute approximate surface area is 133 Å². The average Bonchev–Trinajstić information content (AvgIpc) is 2.39. The van der Waals surface area contributed by atoms with Crippen molar-refractivity contribution in [2.24, 2.45) is 0 Å². The van der Waals surface area contributed by atoms with Crippen LogP contribution in [0.25, 0.3) is 0 Å². The molecule has 0 radical (unpaired) electrons. The van der Waals surface area contributed by atoms with Crippen LogP contribution in [0, 0.1) is 6.07 Å². The Morgan fingerprint density at radius 2 is 1.61 bits per heavy atom. The minimum absolute atomic E-state index is 0.491. The Balaban J connectivity index is 0.000000771. The molecule has 2 aromatic rings. The first-order valence-corrected chi connectivity index (χ1v) is 12.7. The van der Waals surface area contributed by atoms with Crippen LogP contribution < -0.4 is 4.74 Å². The van der Waals surface area contributed by atoms with Gasteiger partial charge in [0.15, 0.2) is 0 Å². The van der Waals surface area contributed by atoms with Gasteiger partial charge in [-0.25, -0.2) is 0 Å². The second-order valence-corrected chi connectivity index (χ2v) is 4.17. The molecule has 2 rings (SSSR count). The standard InChI is InChI=1S/C13H9Cl2O.BrH.Zn/c14-11-6-12(15)8-13(7-11)16-9-10-4-2-1-3-5-10;;/h2-8H,9H2;1H;/q-1;;+2/p-1. The molecular weight excluding hydrogens is 388 g/mol. The summed E-state index contributed by atoms with van der Waals surface area (Å²) < 4.78 is 5.57. The number of hydrogen-bond donors (Lipinski definition) is 0. The first-order chi connectivity index (χ1) is 8.74. The third-order valence-corrected chi connectivity index (χ3v) is 2.47. The van der Waals surface area contributed by atoms with E-state index in [0.29, 0.717) is 22.4 Å². The molecule has 0 amide bonds. The van der Waals surface area contributed by atoms with Gasteiger partial charge in [-0.3, -0.25) is 0 Å². The van der Waals surface area contributed by atoms with Crippen molar-refractivity contribution >= 4 is 36.8 Å². The van der Waals surface area contributed by atoms with Gasteiger partial charge in [-0.1, -0.05) is 23.2 Å². The molecular formula is C13H9BrCl2OZn. The summed E-state index contributed by atoms with van der Waals surface area (Å²) in [6.45, 7) is 0.491. The van der Waals surface area contributed by atoms with Crippen molar-refractivity contribution in [3.8, 4) is 5.75 Å². The van der Waals surface area contributed by atoms with Gasteiger partial charge in [0.25, 0.3) is 0 Å². The zero-order valence-electron chi connectivity index (χ0n) is 9.50.